The van der Waals surface area contributed by atoms with Gasteiger partial charge >= 0.3 is 6.09 Å². The van der Waals surface area contributed by atoms with E-state index in [1.165, 1.54) is 0 Å². The largest absolute Gasteiger partial charge is 0.449 e. The molecule has 2 atom stereocenters. The van der Waals surface area contributed by atoms with Crippen LogP contribution in [-0.4, -0.2) is 24.4 Å². The maximum absolute atomic E-state index is 11.4. The van der Waals surface area contributed by atoms with Gasteiger partial charge in [0.15, 0.2) is 0 Å². The summed E-state index contributed by atoms with van der Waals surface area (Å²) in [6.07, 6.45) is 3.20. The molecule has 0 heterocycles. The molecule has 0 aromatic heterocycles. The normalized spacial score (nSPS) is 22.8. The molecule has 0 radical (unpaired) electrons. The number of nitrogens with two attached hydrogens (primary N) is 1. The summed E-state index contributed by atoms with van der Waals surface area (Å²) in [4.78, 5) is 21.9. The van der Waals surface area contributed by atoms with Crippen LogP contribution >= 0.6 is 11.6 Å². The number of hydrogen-bond donors (Lipinski definition) is 1. The van der Waals surface area contributed by atoms with E-state index < -0.39 is 6.09 Å². The molecule has 0 aromatic carbocycles. The van der Waals surface area contributed by atoms with Crippen LogP contribution in [0.1, 0.15) is 32.1 Å². The highest BCUT2D eigenvalue weighted by atomic mass is 35.5. The second-order valence-electron chi connectivity index (χ2n) is 4.26. The van der Waals surface area contributed by atoms with E-state index in [9.17, 15) is 9.59 Å². The minimum Gasteiger partial charge on any atom is -0.449 e. The van der Waals surface area contributed by atoms with Crippen molar-refractivity contribution in [2.75, 3.05) is 12.5 Å². The van der Waals surface area contributed by atoms with E-state index in [-0.39, 0.29) is 12.5 Å². The molecule has 1 fully saturated rings. The van der Waals surface area contributed by atoms with Gasteiger partial charge in [0.05, 0.1) is 6.61 Å². The first-order chi connectivity index (χ1) is 7.63. The average Bonchev–Trinajstić information content (AvgIpc) is 2.24. The van der Waals surface area contributed by atoms with Crippen molar-refractivity contribution in [1.29, 1.82) is 0 Å². The van der Waals surface area contributed by atoms with Crippen LogP contribution < -0.4 is 5.73 Å². The predicted octanol–water partition coefficient (Wildman–Crippen LogP) is 2.09. The van der Waals surface area contributed by atoms with Crippen molar-refractivity contribution >= 4 is 23.5 Å². The summed E-state index contributed by atoms with van der Waals surface area (Å²) >= 11 is 5.71. The summed E-state index contributed by atoms with van der Waals surface area (Å²) in [5.74, 6) is 1.26. The summed E-state index contributed by atoms with van der Waals surface area (Å²) in [5, 5.41) is 0. The Bertz CT molecular complexity index is 258. The summed E-state index contributed by atoms with van der Waals surface area (Å²) in [6.45, 7) is 0.278. The number of hydrogen-bond acceptors (Lipinski definition) is 3. The fraction of sp³-hybridized carbons (Fsp3) is 0.818. The topological polar surface area (TPSA) is 69.4 Å². The summed E-state index contributed by atoms with van der Waals surface area (Å²) in [5.41, 5.74) is 4.93. The third kappa shape index (κ3) is 4.39. The zero-order chi connectivity index (χ0) is 12.0. The Labute approximate surface area is 100 Å². The van der Waals surface area contributed by atoms with Crippen LogP contribution in [0.3, 0.4) is 0 Å². The molecule has 16 heavy (non-hydrogen) atoms. The molecule has 0 spiro atoms. The van der Waals surface area contributed by atoms with Crippen molar-refractivity contribution in [2.24, 2.45) is 17.6 Å². The summed E-state index contributed by atoms with van der Waals surface area (Å²) in [7, 11) is 0. The second kappa shape index (κ2) is 6.74. The lowest BCUT2D eigenvalue weighted by Crippen LogP contribution is -2.28. The maximum Gasteiger partial charge on any atom is 0.404 e. The van der Waals surface area contributed by atoms with Crippen molar-refractivity contribution in [3.8, 4) is 0 Å². The lowest BCUT2D eigenvalue weighted by Gasteiger charge is -2.28. The van der Waals surface area contributed by atoms with Gasteiger partial charge in [-0.2, -0.15) is 0 Å². The molecule has 1 rings (SSSR count). The number of primary amides is 1. The Morgan fingerprint density at radius 2 is 2.38 bits per heavy atom. The zero-order valence-electron chi connectivity index (χ0n) is 9.28. The first kappa shape index (κ1) is 13.3. The van der Waals surface area contributed by atoms with Crippen LogP contribution in [0.25, 0.3) is 0 Å². The van der Waals surface area contributed by atoms with Crippen molar-refractivity contribution in [2.45, 2.75) is 32.1 Å². The number of carbonyl (C=O) groups excluding carboxylic acids is 2. The van der Waals surface area contributed by atoms with E-state index in [2.05, 4.69) is 0 Å². The quantitative estimate of drug-likeness (QED) is 0.757. The molecule has 92 valence electrons. The van der Waals surface area contributed by atoms with Gasteiger partial charge in [0.1, 0.15) is 5.78 Å². The Balaban J connectivity index is 2.46. The van der Waals surface area contributed by atoms with Crippen LogP contribution in [0, 0.1) is 11.8 Å². The van der Waals surface area contributed by atoms with Gasteiger partial charge in [-0.15, -0.1) is 11.6 Å². The smallest absolute Gasteiger partial charge is 0.404 e. The number of ether oxygens (including phenoxy) is 1. The molecule has 1 aliphatic rings. The van der Waals surface area contributed by atoms with Crippen LogP contribution in [0.2, 0.25) is 0 Å². The van der Waals surface area contributed by atoms with Gasteiger partial charge < -0.3 is 10.5 Å². The van der Waals surface area contributed by atoms with E-state index in [4.69, 9.17) is 22.1 Å². The van der Waals surface area contributed by atoms with E-state index in [1.807, 2.05) is 0 Å². The molecule has 0 aliphatic heterocycles. The fourth-order valence-corrected chi connectivity index (χ4v) is 2.53. The highest BCUT2D eigenvalue weighted by Gasteiger charge is 2.27. The van der Waals surface area contributed by atoms with Gasteiger partial charge in [-0.3, -0.25) is 4.79 Å². The van der Waals surface area contributed by atoms with Crippen LogP contribution in [0.15, 0.2) is 0 Å². The molecule has 0 bridgehead atoms. The Morgan fingerprint density at radius 1 is 1.62 bits per heavy atom. The predicted molar refractivity (Wildman–Crippen MR) is 61.3 cm³/mol. The maximum atomic E-state index is 11.4. The van der Waals surface area contributed by atoms with E-state index in [0.717, 1.165) is 19.3 Å². The van der Waals surface area contributed by atoms with Crippen LogP contribution in [0.4, 0.5) is 4.79 Å². The summed E-state index contributed by atoms with van der Waals surface area (Å²) in [6, 6.07) is 0. The molecule has 2 N–H and O–H groups in total. The second-order valence-corrected chi connectivity index (χ2v) is 4.64. The standard InChI is InChI=1S/C11H18ClNO3/c12-5-4-9(7-16-11(13)15)8-2-1-3-10(14)6-8/h8-9H,1-7H2,(H2,13,15)/t8?,9-/m1/s1. The van der Waals surface area contributed by atoms with E-state index in [0.29, 0.717) is 30.4 Å². The van der Waals surface area contributed by atoms with E-state index in [1.54, 1.807) is 0 Å². The Hall–Kier alpha value is -0.770. The zero-order valence-corrected chi connectivity index (χ0v) is 10.0. The number of halogens is 1. The lowest BCUT2D eigenvalue weighted by molar-refractivity contribution is -0.122. The fourth-order valence-electron chi connectivity index (χ4n) is 2.24. The minimum atomic E-state index is -0.762. The average molecular weight is 248 g/mol. The monoisotopic (exact) mass is 247 g/mol. The van der Waals surface area contributed by atoms with Gasteiger partial charge in [-0.25, -0.2) is 4.79 Å². The van der Waals surface area contributed by atoms with E-state index >= 15 is 0 Å². The van der Waals surface area contributed by atoms with Gasteiger partial charge in [0.25, 0.3) is 0 Å². The third-order valence-corrected chi connectivity index (χ3v) is 3.32. The van der Waals surface area contributed by atoms with Gasteiger partial charge in [0, 0.05) is 18.7 Å². The molecule has 4 nitrogen and oxygen atoms in total. The van der Waals surface area contributed by atoms with Crippen molar-refractivity contribution in [1.82, 2.24) is 0 Å². The molecule has 1 aliphatic carbocycles. The first-order valence-corrected chi connectivity index (χ1v) is 6.16. The molecule has 1 saturated carbocycles. The molecular weight excluding hydrogens is 230 g/mol. The van der Waals surface area contributed by atoms with Crippen LogP contribution in [-0.2, 0) is 9.53 Å². The third-order valence-electron chi connectivity index (χ3n) is 3.11. The minimum absolute atomic E-state index is 0.161. The highest BCUT2D eigenvalue weighted by molar-refractivity contribution is 6.17. The number of rotatable bonds is 5. The number of alkyl halides is 1. The van der Waals surface area contributed by atoms with Gasteiger partial charge in [0.2, 0.25) is 0 Å². The Morgan fingerprint density at radius 3 is 2.94 bits per heavy atom. The van der Waals surface area contributed by atoms with Crippen molar-refractivity contribution < 1.29 is 14.3 Å². The number of amides is 1. The van der Waals surface area contributed by atoms with Gasteiger partial charge in [-0.1, -0.05) is 0 Å². The lowest BCUT2D eigenvalue weighted by atomic mass is 9.78. The molecule has 0 aromatic rings. The first-order valence-electron chi connectivity index (χ1n) is 5.63. The number of ketones is 1. The summed E-state index contributed by atoms with van der Waals surface area (Å²) < 4.78 is 4.81. The molecule has 1 amide bonds. The van der Waals surface area contributed by atoms with Gasteiger partial charge in [-0.05, 0) is 31.1 Å². The highest BCUT2D eigenvalue weighted by Crippen LogP contribution is 2.30. The molecule has 0 saturated heterocycles. The van der Waals surface area contributed by atoms with Crippen molar-refractivity contribution in [3.63, 3.8) is 0 Å². The SMILES string of the molecule is NC(=O)OC[C@@H](CCCl)C1CCCC(=O)C1. The van der Waals surface area contributed by atoms with Crippen molar-refractivity contribution in [3.05, 3.63) is 0 Å². The molecular formula is C11H18ClNO3. The number of Topliss-reactive ketones (excluding diaryl/α,β-unsaturated/α-hetero) is 1. The number of carbonyl (C=O) groups is 2. The Kier molecular flexibility index (Phi) is 5.60. The molecule has 5 heteroatoms. The molecule has 1 unspecified atom stereocenters. The van der Waals surface area contributed by atoms with Crippen LogP contribution in [0.5, 0.6) is 0 Å².